The third-order valence-corrected chi connectivity index (χ3v) is 3.46. The Morgan fingerprint density at radius 2 is 1.78 bits per heavy atom. The highest BCUT2D eigenvalue weighted by Crippen LogP contribution is 2.36. The number of benzene rings is 1. The van der Waals surface area contributed by atoms with Gasteiger partial charge in [-0.15, -0.1) is 11.3 Å². The zero-order chi connectivity index (χ0) is 13.1. The highest BCUT2D eigenvalue weighted by molar-refractivity contribution is 7.20. The maximum atomic E-state index is 10.8. The summed E-state index contributed by atoms with van der Waals surface area (Å²) in [6, 6.07) is 5.20. The Labute approximate surface area is 109 Å². The summed E-state index contributed by atoms with van der Waals surface area (Å²) < 4.78 is 11.8. The second-order valence-corrected chi connectivity index (χ2v) is 4.68. The maximum Gasteiger partial charge on any atom is 0.162 e. The molecule has 0 spiro atoms. The number of carboxylic acid groups (broad SMARTS) is 1. The molecule has 0 atom stereocenters. The van der Waals surface area contributed by atoms with Crippen molar-refractivity contribution in [2.45, 2.75) is 13.8 Å². The van der Waals surface area contributed by atoms with Crippen LogP contribution in [0.4, 0.5) is 0 Å². The number of hydrogen-bond donors (Lipinski definition) is 0. The van der Waals surface area contributed by atoms with Crippen LogP contribution in [-0.2, 0) is 0 Å². The van der Waals surface area contributed by atoms with Gasteiger partial charge in [0, 0.05) is 10.8 Å². The molecule has 0 fully saturated rings. The van der Waals surface area contributed by atoms with Gasteiger partial charge in [0.15, 0.2) is 11.5 Å². The lowest BCUT2D eigenvalue weighted by Gasteiger charge is -2.10. The molecule has 18 heavy (non-hydrogen) atoms. The van der Waals surface area contributed by atoms with Crippen molar-refractivity contribution in [2.75, 3.05) is 13.2 Å². The first-order chi connectivity index (χ1) is 8.65. The molecule has 0 unspecified atom stereocenters. The van der Waals surface area contributed by atoms with Gasteiger partial charge in [-0.05, 0) is 31.4 Å². The van der Waals surface area contributed by atoms with Crippen molar-refractivity contribution in [1.82, 2.24) is 0 Å². The van der Waals surface area contributed by atoms with E-state index in [9.17, 15) is 9.90 Å². The number of thiophene rings is 1. The molecule has 0 aliphatic carbocycles. The molecule has 2 aromatic rings. The summed E-state index contributed by atoms with van der Waals surface area (Å²) in [4.78, 5) is 11.0. The van der Waals surface area contributed by atoms with Crippen LogP contribution in [0.15, 0.2) is 18.2 Å². The molecule has 0 saturated heterocycles. The van der Waals surface area contributed by atoms with E-state index in [0.717, 1.165) is 10.1 Å². The van der Waals surface area contributed by atoms with Crippen LogP contribution in [0.2, 0.25) is 0 Å². The molecular weight excluding hydrogens is 252 g/mol. The predicted octanol–water partition coefficient (Wildman–Crippen LogP) is 2.06. The summed E-state index contributed by atoms with van der Waals surface area (Å²) in [6.07, 6.45) is 0. The lowest BCUT2D eigenvalue weighted by molar-refractivity contribution is -0.254. The summed E-state index contributed by atoms with van der Waals surface area (Å²) in [7, 11) is 0. The number of aromatic carboxylic acids is 1. The molecule has 0 saturated carbocycles. The van der Waals surface area contributed by atoms with E-state index in [1.165, 1.54) is 11.3 Å². The summed E-state index contributed by atoms with van der Waals surface area (Å²) >= 11 is 1.17. The highest BCUT2D eigenvalue weighted by atomic mass is 32.1. The summed E-state index contributed by atoms with van der Waals surface area (Å²) in [5.74, 6) is 0.111. The fraction of sp³-hybridized carbons (Fsp3) is 0.308. The van der Waals surface area contributed by atoms with Crippen molar-refractivity contribution in [3.8, 4) is 11.5 Å². The van der Waals surface area contributed by atoms with Crippen LogP contribution in [0, 0.1) is 0 Å². The third-order valence-electron chi connectivity index (χ3n) is 2.38. The normalized spacial score (nSPS) is 10.6. The molecule has 4 nitrogen and oxygen atoms in total. The second-order valence-electron chi connectivity index (χ2n) is 3.60. The van der Waals surface area contributed by atoms with E-state index >= 15 is 0 Å². The summed E-state index contributed by atoms with van der Waals surface area (Å²) in [5, 5.41) is 11.7. The number of carboxylic acids is 1. The minimum absolute atomic E-state index is 0.209. The van der Waals surface area contributed by atoms with Crippen LogP contribution in [0.1, 0.15) is 23.5 Å². The number of fused-ring (bicyclic) bond motifs is 1. The molecule has 0 aliphatic heterocycles. The monoisotopic (exact) mass is 265 g/mol. The van der Waals surface area contributed by atoms with Crippen molar-refractivity contribution in [1.29, 1.82) is 0 Å². The van der Waals surface area contributed by atoms with Crippen molar-refractivity contribution in [3.05, 3.63) is 23.1 Å². The van der Waals surface area contributed by atoms with Crippen molar-refractivity contribution < 1.29 is 19.4 Å². The lowest BCUT2D eigenvalue weighted by Crippen LogP contribution is -2.20. The summed E-state index contributed by atoms with van der Waals surface area (Å²) in [5.41, 5.74) is 0. The molecule has 0 aliphatic rings. The van der Waals surface area contributed by atoms with Gasteiger partial charge in [0.05, 0.1) is 24.1 Å². The molecule has 96 valence electrons. The molecule has 2 rings (SSSR count). The van der Waals surface area contributed by atoms with Crippen LogP contribution < -0.4 is 14.6 Å². The molecule has 5 heteroatoms. The van der Waals surface area contributed by atoms with Crippen LogP contribution in [-0.4, -0.2) is 19.2 Å². The Morgan fingerprint density at radius 3 is 2.33 bits per heavy atom. The first kappa shape index (κ1) is 12.7. The fourth-order valence-corrected chi connectivity index (χ4v) is 2.59. The van der Waals surface area contributed by atoms with Gasteiger partial charge in [0.2, 0.25) is 0 Å². The maximum absolute atomic E-state index is 10.8. The van der Waals surface area contributed by atoms with Crippen molar-refractivity contribution >= 4 is 27.4 Å². The molecular formula is C13H13O4S-. The minimum atomic E-state index is -1.16. The van der Waals surface area contributed by atoms with Crippen molar-refractivity contribution in [3.63, 3.8) is 0 Å². The van der Waals surface area contributed by atoms with Gasteiger partial charge in [0.1, 0.15) is 0 Å². The van der Waals surface area contributed by atoms with E-state index in [2.05, 4.69) is 0 Å². The number of carbonyl (C=O) groups is 1. The topological polar surface area (TPSA) is 58.6 Å². The molecule has 0 bridgehead atoms. The zero-order valence-corrected chi connectivity index (χ0v) is 11.0. The number of carbonyl (C=O) groups excluding carboxylic acids is 1. The van der Waals surface area contributed by atoms with Gasteiger partial charge >= 0.3 is 0 Å². The van der Waals surface area contributed by atoms with E-state index < -0.39 is 5.97 Å². The first-order valence-corrected chi connectivity index (χ1v) is 6.51. The smallest absolute Gasteiger partial charge is 0.162 e. The highest BCUT2D eigenvalue weighted by Gasteiger charge is 2.10. The van der Waals surface area contributed by atoms with Gasteiger partial charge in [-0.3, -0.25) is 0 Å². The van der Waals surface area contributed by atoms with E-state index in [1.807, 2.05) is 13.8 Å². The van der Waals surface area contributed by atoms with Gasteiger partial charge in [0.25, 0.3) is 0 Å². The average molecular weight is 265 g/mol. The SMILES string of the molecule is CCOc1cc2cc(C(=O)[O-])sc2cc1OCC. The van der Waals surface area contributed by atoms with E-state index in [1.54, 1.807) is 18.2 Å². The first-order valence-electron chi connectivity index (χ1n) is 5.70. The third kappa shape index (κ3) is 2.41. The van der Waals surface area contributed by atoms with Crippen molar-refractivity contribution in [2.24, 2.45) is 0 Å². The van der Waals surface area contributed by atoms with Gasteiger partial charge in [-0.25, -0.2) is 0 Å². The number of rotatable bonds is 5. The Bertz CT molecular complexity index is 531. The van der Waals surface area contributed by atoms with Crippen LogP contribution in [0.5, 0.6) is 11.5 Å². The Hall–Kier alpha value is -1.75. The molecule has 1 aromatic heterocycles. The van der Waals surface area contributed by atoms with Crippen LogP contribution >= 0.6 is 11.3 Å². The van der Waals surface area contributed by atoms with Crippen LogP contribution in [0.25, 0.3) is 10.1 Å². The quantitative estimate of drug-likeness (QED) is 0.830. The second kappa shape index (κ2) is 5.27. The molecule has 0 N–H and O–H groups in total. The Morgan fingerprint density at radius 1 is 1.17 bits per heavy atom. The average Bonchev–Trinajstić information content (AvgIpc) is 2.73. The van der Waals surface area contributed by atoms with Gasteiger partial charge in [-0.1, -0.05) is 0 Å². The van der Waals surface area contributed by atoms with Gasteiger partial charge in [-0.2, -0.15) is 0 Å². The van der Waals surface area contributed by atoms with Gasteiger partial charge < -0.3 is 19.4 Å². The molecule has 1 aromatic carbocycles. The van der Waals surface area contributed by atoms with E-state index in [0.29, 0.717) is 24.7 Å². The Kier molecular flexibility index (Phi) is 3.72. The number of ether oxygens (including phenoxy) is 2. The molecule has 1 heterocycles. The predicted molar refractivity (Wildman–Crippen MR) is 68.5 cm³/mol. The standard InChI is InChI=1S/C13H14O4S/c1-3-16-9-5-8-6-12(13(14)15)18-11(8)7-10(9)17-4-2/h5-7H,3-4H2,1-2H3,(H,14,15)/p-1. The minimum Gasteiger partial charge on any atom is -0.544 e. The van der Waals surface area contributed by atoms with Crippen LogP contribution in [0.3, 0.4) is 0 Å². The van der Waals surface area contributed by atoms with E-state index in [4.69, 9.17) is 9.47 Å². The summed E-state index contributed by atoms with van der Waals surface area (Å²) in [6.45, 7) is 4.84. The lowest BCUT2D eigenvalue weighted by atomic mass is 10.2. The number of hydrogen-bond acceptors (Lipinski definition) is 5. The molecule has 0 radical (unpaired) electrons. The Balaban J connectivity index is 2.53. The fourth-order valence-electron chi connectivity index (χ4n) is 1.68. The largest absolute Gasteiger partial charge is 0.544 e. The van der Waals surface area contributed by atoms with E-state index in [-0.39, 0.29) is 4.88 Å². The molecule has 0 amide bonds. The zero-order valence-electron chi connectivity index (χ0n) is 10.2.